The zero-order valence-corrected chi connectivity index (χ0v) is 13.6. The lowest BCUT2D eigenvalue weighted by Gasteiger charge is -2.09. The average Bonchev–Trinajstić information content (AvgIpc) is 3.06. The standard InChI is InChI=1S/C15H10ClN3O4S/c16-13-7-6-12(10-14(13)19(20)21)24(22,23)18-9-8-17-15(18)11-4-2-1-3-5-11/h1-10H. The molecular weight excluding hydrogens is 354 g/mol. The predicted molar refractivity (Wildman–Crippen MR) is 88.4 cm³/mol. The molecule has 0 N–H and O–H groups in total. The molecule has 0 bridgehead atoms. The van der Waals surface area contributed by atoms with Gasteiger partial charge in [-0.25, -0.2) is 17.4 Å². The summed E-state index contributed by atoms with van der Waals surface area (Å²) >= 11 is 5.74. The molecule has 3 aromatic rings. The maximum Gasteiger partial charge on any atom is 0.289 e. The number of nitro groups is 1. The summed E-state index contributed by atoms with van der Waals surface area (Å²) in [4.78, 5) is 14.1. The van der Waals surface area contributed by atoms with Gasteiger partial charge < -0.3 is 0 Å². The zero-order valence-electron chi connectivity index (χ0n) is 12.0. The van der Waals surface area contributed by atoms with E-state index in [0.717, 1.165) is 10.0 Å². The number of aromatic nitrogens is 2. The van der Waals surface area contributed by atoms with Crippen LogP contribution in [0.3, 0.4) is 0 Å². The lowest BCUT2D eigenvalue weighted by atomic mass is 10.2. The molecule has 3 rings (SSSR count). The lowest BCUT2D eigenvalue weighted by Crippen LogP contribution is -2.13. The van der Waals surface area contributed by atoms with Gasteiger partial charge in [-0.1, -0.05) is 41.9 Å². The quantitative estimate of drug-likeness (QED) is 0.523. The van der Waals surface area contributed by atoms with Gasteiger partial charge in [0, 0.05) is 24.0 Å². The molecule has 24 heavy (non-hydrogen) atoms. The van der Waals surface area contributed by atoms with Crippen molar-refractivity contribution < 1.29 is 13.3 Å². The number of imidazole rings is 1. The Morgan fingerprint density at radius 2 is 1.83 bits per heavy atom. The smallest absolute Gasteiger partial charge is 0.258 e. The molecule has 9 heteroatoms. The van der Waals surface area contributed by atoms with Gasteiger partial charge in [0.2, 0.25) is 0 Å². The van der Waals surface area contributed by atoms with E-state index in [-0.39, 0.29) is 15.7 Å². The normalized spacial score (nSPS) is 11.4. The SMILES string of the molecule is O=[N+]([O-])c1cc(S(=O)(=O)n2ccnc2-c2ccccc2)ccc1Cl. The van der Waals surface area contributed by atoms with Crippen LogP contribution in [0.1, 0.15) is 0 Å². The maximum atomic E-state index is 12.8. The number of rotatable bonds is 4. The Hall–Kier alpha value is -2.71. The number of nitro benzene ring substituents is 1. The number of benzene rings is 2. The van der Waals surface area contributed by atoms with Crippen molar-refractivity contribution in [3.05, 3.63) is 76.1 Å². The summed E-state index contributed by atoms with van der Waals surface area (Å²) in [6, 6.07) is 12.1. The molecule has 0 aliphatic heterocycles. The van der Waals surface area contributed by atoms with E-state index in [1.165, 1.54) is 24.5 Å². The van der Waals surface area contributed by atoms with E-state index in [9.17, 15) is 18.5 Å². The highest BCUT2D eigenvalue weighted by Gasteiger charge is 2.24. The summed E-state index contributed by atoms with van der Waals surface area (Å²) in [5.74, 6) is 0.216. The molecule has 0 aliphatic rings. The van der Waals surface area contributed by atoms with Crippen LogP contribution in [0.25, 0.3) is 11.4 Å². The van der Waals surface area contributed by atoms with Gasteiger partial charge in [0.1, 0.15) is 5.02 Å². The molecule has 0 atom stereocenters. The van der Waals surface area contributed by atoms with Gasteiger partial charge in [0.15, 0.2) is 5.82 Å². The Kier molecular flexibility index (Phi) is 4.08. The van der Waals surface area contributed by atoms with E-state index in [4.69, 9.17) is 11.6 Å². The highest BCUT2D eigenvalue weighted by molar-refractivity contribution is 7.90. The van der Waals surface area contributed by atoms with Crippen LogP contribution in [-0.4, -0.2) is 22.3 Å². The van der Waals surface area contributed by atoms with Crippen LogP contribution < -0.4 is 0 Å². The number of halogens is 1. The molecule has 2 aromatic carbocycles. The molecule has 0 radical (unpaired) electrons. The zero-order chi connectivity index (χ0) is 17.3. The summed E-state index contributed by atoms with van der Waals surface area (Å²) in [6.07, 6.45) is 2.64. The molecule has 0 fully saturated rings. The Balaban J connectivity index is 2.16. The van der Waals surface area contributed by atoms with Crippen LogP contribution in [0.4, 0.5) is 5.69 Å². The fourth-order valence-electron chi connectivity index (χ4n) is 2.18. The molecule has 1 heterocycles. The number of nitrogens with zero attached hydrogens (tertiary/aromatic N) is 3. The van der Waals surface area contributed by atoms with Crippen LogP contribution in [0, 0.1) is 10.1 Å². The van der Waals surface area contributed by atoms with Gasteiger partial charge in [0.05, 0.1) is 9.82 Å². The minimum Gasteiger partial charge on any atom is -0.258 e. The van der Waals surface area contributed by atoms with Gasteiger partial charge >= 0.3 is 0 Å². The Morgan fingerprint density at radius 3 is 2.50 bits per heavy atom. The number of hydrogen-bond donors (Lipinski definition) is 0. The highest BCUT2D eigenvalue weighted by atomic mass is 35.5. The van der Waals surface area contributed by atoms with Crippen LogP contribution in [0.15, 0.2) is 65.8 Å². The van der Waals surface area contributed by atoms with Crippen LogP contribution in [-0.2, 0) is 10.0 Å². The fraction of sp³-hybridized carbons (Fsp3) is 0. The van der Waals surface area contributed by atoms with Crippen molar-refractivity contribution in [2.45, 2.75) is 4.90 Å². The van der Waals surface area contributed by atoms with Crippen LogP contribution >= 0.6 is 11.6 Å². The van der Waals surface area contributed by atoms with Crippen LogP contribution in [0.2, 0.25) is 5.02 Å². The first-order chi connectivity index (χ1) is 11.4. The van der Waals surface area contributed by atoms with Crippen molar-refractivity contribution in [3.8, 4) is 11.4 Å². The highest BCUT2D eigenvalue weighted by Crippen LogP contribution is 2.29. The minimum atomic E-state index is -4.06. The third-order valence-corrected chi connectivity index (χ3v) is 5.29. The summed E-state index contributed by atoms with van der Waals surface area (Å²) in [5, 5.41) is 10.9. The Bertz CT molecular complexity index is 1020. The topological polar surface area (TPSA) is 95.1 Å². The van der Waals surface area contributed by atoms with Crippen molar-refractivity contribution in [3.63, 3.8) is 0 Å². The first-order valence-electron chi connectivity index (χ1n) is 6.69. The predicted octanol–water partition coefficient (Wildman–Crippen LogP) is 3.35. The van der Waals surface area contributed by atoms with Crippen molar-refractivity contribution in [1.82, 2.24) is 8.96 Å². The largest absolute Gasteiger partial charge is 0.289 e. The van der Waals surface area contributed by atoms with Crippen LogP contribution in [0.5, 0.6) is 0 Å². The number of hydrogen-bond acceptors (Lipinski definition) is 5. The van der Waals surface area contributed by atoms with Crippen molar-refractivity contribution in [2.24, 2.45) is 0 Å². The van der Waals surface area contributed by atoms with E-state index in [1.54, 1.807) is 30.3 Å². The van der Waals surface area contributed by atoms with E-state index in [1.807, 2.05) is 0 Å². The molecule has 0 saturated carbocycles. The van der Waals surface area contributed by atoms with Gasteiger partial charge in [-0.05, 0) is 12.1 Å². The van der Waals surface area contributed by atoms with Crippen molar-refractivity contribution in [1.29, 1.82) is 0 Å². The van der Waals surface area contributed by atoms with Gasteiger partial charge in [-0.2, -0.15) is 0 Å². The van der Waals surface area contributed by atoms with Crippen molar-refractivity contribution >= 4 is 27.3 Å². The van der Waals surface area contributed by atoms with Gasteiger partial charge in [-0.15, -0.1) is 0 Å². The third-order valence-electron chi connectivity index (χ3n) is 3.31. The van der Waals surface area contributed by atoms with Gasteiger partial charge in [0.25, 0.3) is 15.7 Å². The molecule has 122 valence electrons. The van der Waals surface area contributed by atoms with E-state index < -0.39 is 20.6 Å². The minimum absolute atomic E-state index is 0.132. The summed E-state index contributed by atoms with van der Waals surface area (Å²) in [6.45, 7) is 0. The molecule has 0 aliphatic carbocycles. The van der Waals surface area contributed by atoms with Crippen molar-refractivity contribution in [2.75, 3.05) is 0 Å². The van der Waals surface area contributed by atoms with E-state index in [2.05, 4.69) is 4.98 Å². The van der Waals surface area contributed by atoms with E-state index >= 15 is 0 Å². The van der Waals surface area contributed by atoms with E-state index in [0.29, 0.717) is 5.56 Å². The maximum absolute atomic E-state index is 12.8. The lowest BCUT2D eigenvalue weighted by molar-refractivity contribution is -0.384. The van der Waals surface area contributed by atoms with Gasteiger partial charge in [-0.3, -0.25) is 10.1 Å². The monoisotopic (exact) mass is 363 g/mol. The molecule has 1 aromatic heterocycles. The first-order valence-corrected chi connectivity index (χ1v) is 8.51. The molecule has 0 unspecified atom stereocenters. The Labute approximate surface area is 142 Å². The second-order valence-corrected chi connectivity index (χ2v) is 7.01. The average molecular weight is 364 g/mol. The molecule has 7 nitrogen and oxygen atoms in total. The molecule has 0 saturated heterocycles. The summed E-state index contributed by atoms with van der Waals surface area (Å²) in [7, 11) is -4.06. The molecule has 0 spiro atoms. The first kappa shape index (κ1) is 16.2. The fourth-order valence-corrected chi connectivity index (χ4v) is 3.69. The second-order valence-electron chi connectivity index (χ2n) is 4.79. The summed E-state index contributed by atoms with van der Waals surface area (Å²) in [5.41, 5.74) is 0.133. The molecule has 0 amide bonds. The molecular formula is C15H10ClN3O4S. The second kappa shape index (κ2) is 6.06. The summed E-state index contributed by atoms with van der Waals surface area (Å²) < 4.78 is 26.6. The Morgan fingerprint density at radius 1 is 1.12 bits per heavy atom. The third kappa shape index (κ3) is 2.77.